The molecule has 0 radical (unpaired) electrons. The maximum atomic E-state index is 5.63. The summed E-state index contributed by atoms with van der Waals surface area (Å²) in [4.78, 5) is 1.48. The predicted molar refractivity (Wildman–Crippen MR) is 58.6 cm³/mol. The van der Waals surface area contributed by atoms with E-state index in [0.29, 0.717) is 18.6 Å². The molecular formula is C10H19N5O. The molecule has 2 atom stereocenters. The maximum absolute atomic E-state index is 5.63. The lowest BCUT2D eigenvalue weighted by Gasteiger charge is -2.16. The molecule has 1 aromatic rings. The molecule has 6 heteroatoms. The van der Waals surface area contributed by atoms with Gasteiger partial charge in [-0.25, -0.2) is 0 Å². The largest absolute Gasteiger partial charge is 0.378 e. The quantitative estimate of drug-likeness (QED) is 0.770. The molecule has 1 saturated heterocycles. The molecule has 1 N–H and O–H groups in total. The number of ether oxygens (including phenoxy) is 1. The summed E-state index contributed by atoms with van der Waals surface area (Å²) in [5.41, 5.74) is 0. The van der Waals surface area contributed by atoms with Gasteiger partial charge in [-0.2, -0.15) is 4.80 Å². The summed E-state index contributed by atoms with van der Waals surface area (Å²) in [6.45, 7) is 4.72. The van der Waals surface area contributed by atoms with Crippen LogP contribution in [0.1, 0.15) is 25.6 Å². The lowest BCUT2D eigenvalue weighted by atomic mass is 10.00. The molecule has 6 nitrogen and oxygen atoms in total. The van der Waals surface area contributed by atoms with Crippen molar-refractivity contribution in [3.05, 3.63) is 5.82 Å². The van der Waals surface area contributed by atoms with E-state index in [0.717, 1.165) is 31.8 Å². The third-order valence-corrected chi connectivity index (χ3v) is 2.99. The van der Waals surface area contributed by atoms with Gasteiger partial charge in [0.2, 0.25) is 0 Å². The summed E-state index contributed by atoms with van der Waals surface area (Å²) in [6, 6.07) is 0. The fourth-order valence-electron chi connectivity index (χ4n) is 2.14. The van der Waals surface area contributed by atoms with Gasteiger partial charge in [0.05, 0.1) is 19.7 Å². The van der Waals surface area contributed by atoms with Gasteiger partial charge in [-0.05, 0) is 24.0 Å². The fraction of sp³-hybridized carbons (Fsp3) is 0.900. The highest BCUT2D eigenvalue weighted by molar-refractivity contribution is 4.80. The van der Waals surface area contributed by atoms with Crippen LogP contribution in [0.5, 0.6) is 0 Å². The van der Waals surface area contributed by atoms with Gasteiger partial charge in [0.15, 0.2) is 5.82 Å². The van der Waals surface area contributed by atoms with Crippen molar-refractivity contribution in [2.75, 3.05) is 13.2 Å². The highest BCUT2D eigenvalue weighted by Gasteiger charge is 2.26. The molecule has 16 heavy (non-hydrogen) atoms. The van der Waals surface area contributed by atoms with Crippen LogP contribution in [0.25, 0.3) is 0 Å². The van der Waals surface area contributed by atoms with Crippen molar-refractivity contribution in [3.63, 3.8) is 0 Å². The van der Waals surface area contributed by atoms with Crippen molar-refractivity contribution in [2.45, 2.75) is 32.4 Å². The van der Waals surface area contributed by atoms with Gasteiger partial charge < -0.3 is 10.1 Å². The minimum atomic E-state index is 0.419. The molecule has 2 heterocycles. The number of nitrogens with zero attached hydrogens (tertiary/aromatic N) is 4. The zero-order valence-electron chi connectivity index (χ0n) is 9.89. The van der Waals surface area contributed by atoms with E-state index in [2.05, 4.69) is 27.7 Å². The second-order valence-electron chi connectivity index (χ2n) is 4.19. The minimum Gasteiger partial charge on any atom is -0.378 e. The van der Waals surface area contributed by atoms with Gasteiger partial charge in [-0.1, -0.05) is 6.92 Å². The summed E-state index contributed by atoms with van der Waals surface area (Å²) in [5.74, 6) is 1.37. The van der Waals surface area contributed by atoms with Crippen LogP contribution in [0.2, 0.25) is 0 Å². The van der Waals surface area contributed by atoms with Gasteiger partial charge in [-0.3, -0.25) is 0 Å². The molecule has 0 amide bonds. The SMILES string of the molecule is CCC1OCCC1CNCc1nnn(C)n1. The first-order chi connectivity index (χ1) is 7.79. The van der Waals surface area contributed by atoms with E-state index in [4.69, 9.17) is 4.74 Å². The Morgan fingerprint density at radius 1 is 1.56 bits per heavy atom. The zero-order valence-corrected chi connectivity index (χ0v) is 9.89. The maximum Gasteiger partial charge on any atom is 0.188 e. The third kappa shape index (κ3) is 2.76. The normalized spacial score (nSPS) is 25.1. The van der Waals surface area contributed by atoms with Crippen molar-refractivity contribution in [2.24, 2.45) is 13.0 Å². The number of aryl methyl sites for hydroxylation is 1. The lowest BCUT2D eigenvalue weighted by Crippen LogP contribution is -2.28. The van der Waals surface area contributed by atoms with Gasteiger partial charge in [0.25, 0.3) is 0 Å². The molecule has 0 aromatic carbocycles. The highest BCUT2D eigenvalue weighted by Crippen LogP contribution is 2.22. The zero-order chi connectivity index (χ0) is 11.4. The van der Waals surface area contributed by atoms with Crippen molar-refractivity contribution in [1.82, 2.24) is 25.5 Å². The lowest BCUT2D eigenvalue weighted by molar-refractivity contribution is 0.0872. The first kappa shape index (κ1) is 11.5. The van der Waals surface area contributed by atoms with Crippen LogP contribution < -0.4 is 5.32 Å². The topological polar surface area (TPSA) is 64.9 Å². The summed E-state index contributed by atoms with van der Waals surface area (Å²) >= 11 is 0. The number of tetrazole rings is 1. The van der Waals surface area contributed by atoms with Crippen molar-refractivity contribution >= 4 is 0 Å². The minimum absolute atomic E-state index is 0.419. The molecule has 0 bridgehead atoms. The Kier molecular flexibility index (Phi) is 3.84. The Hall–Kier alpha value is -1.01. The molecule has 1 aliphatic heterocycles. The molecule has 1 aliphatic rings. The Morgan fingerprint density at radius 2 is 2.44 bits per heavy atom. The van der Waals surface area contributed by atoms with Crippen LogP contribution in [-0.2, 0) is 18.3 Å². The van der Waals surface area contributed by atoms with E-state index >= 15 is 0 Å². The second kappa shape index (κ2) is 5.36. The van der Waals surface area contributed by atoms with Crippen molar-refractivity contribution < 1.29 is 4.74 Å². The Bertz CT molecular complexity index is 327. The van der Waals surface area contributed by atoms with Gasteiger partial charge in [-0.15, -0.1) is 10.2 Å². The van der Waals surface area contributed by atoms with Crippen LogP contribution in [0.15, 0.2) is 0 Å². The standard InChI is InChI=1S/C10H19N5O/c1-3-9-8(4-5-16-9)6-11-7-10-12-14-15(2)13-10/h8-9,11H,3-7H2,1-2H3. The number of rotatable bonds is 5. The van der Waals surface area contributed by atoms with Crippen LogP contribution >= 0.6 is 0 Å². The number of nitrogens with one attached hydrogen (secondary N) is 1. The molecule has 90 valence electrons. The number of hydrogen-bond donors (Lipinski definition) is 1. The van der Waals surface area contributed by atoms with Gasteiger partial charge >= 0.3 is 0 Å². The molecular weight excluding hydrogens is 206 g/mol. The second-order valence-corrected chi connectivity index (χ2v) is 4.19. The van der Waals surface area contributed by atoms with Crippen LogP contribution in [0, 0.1) is 5.92 Å². The van der Waals surface area contributed by atoms with E-state index in [-0.39, 0.29) is 0 Å². The average Bonchev–Trinajstić information content (AvgIpc) is 2.87. The molecule has 0 saturated carbocycles. The van der Waals surface area contributed by atoms with Gasteiger partial charge in [0, 0.05) is 13.2 Å². The van der Waals surface area contributed by atoms with E-state index in [1.165, 1.54) is 4.80 Å². The average molecular weight is 225 g/mol. The summed E-state index contributed by atoms with van der Waals surface area (Å²) < 4.78 is 5.63. The van der Waals surface area contributed by atoms with E-state index in [9.17, 15) is 0 Å². The number of hydrogen-bond acceptors (Lipinski definition) is 5. The van der Waals surface area contributed by atoms with Gasteiger partial charge in [0.1, 0.15) is 0 Å². The first-order valence-corrected chi connectivity index (χ1v) is 5.84. The van der Waals surface area contributed by atoms with Crippen LogP contribution in [0.4, 0.5) is 0 Å². The van der Waals surface area contributed by atoms with E-state index in [1.54, 1.807) is 7.05 Å². The van der Waals surface area contributed by atoms with Crippen LogP contribution in [-0.4, -0.2) is 39.5 Å². The first-order valence-electron chi connectivity index (χ1n) is 5.84. The smallest absolute Gasteiger partial charge is 0.188 e. The third-order valence-electron chi connectivity index (χ3n) is 2.99. The molecule has 1 fully saturated rings. The molecule has 0 spiro atoms. The summed E-state index contributed by atoms with van der Waals surface area (Å²) in [7, 11) is 1.77. The Morgan fingerprint density at radius 3 is 3.12 bits per heavy atom. The Balaban J connectivity index is 1.71. The van der Waals surface area contributed by atoms with E-state index in [1.807, 2.05) is 0 Å². The highest BCUT2D eigenvalue weighted by atomic mass is 16.5. The van der Waals surface area contributed by atoms with Crippen molar-refractivity contribution in [1.29, 1.82) is 0 Å². The molecule has 1 aromatic heterocycles. The molecule has 2 rings (SSSR count). The molecule has 2 unspecified atom stereocenters. The monoisotopic (exact) mass is 225 g/mol. The summed E-state index contributed by atoms with van der Waals surface area (Å²) in [6.07, 6.45) is 2.66. The van der Waals surface area contributed by atoms with Crippen molar-refractivity contribution in [3.8, 4) is 0 Å². The fourth-order valence-corrected chi connectivity index (χ4v) is 2.14. The predicted octanol–water partition coefficient (Wildman–Crippen LogP) is 0.115. The van der Waals surface area contributed by atoms with Crippen LogP contribution in [0.3, 0.4) is 0 Å². The molecule has 0 aliphatic carbocycles. The van der Waals surface area contributed by atoms with E-state index < -0.39 is 0 Å². The summed E-state index contributed by atoms with van der Waals surface area (Å²) in [5, 5.41) is 15.2. The number of aromatic nitrogens is 4. The Labute approximate surface area is 95.4 Å².